The zero-order valence-corrected chi connectivity index (χ0v) is 25.5. The van der Waals surface area contributed by atoms with Crippen molar-refractivity contribution < 1.29 is 28.0 Å². The first-order chi connectivity index (χ1) is 21.2. The van der Waals surface area contributed by atoms with E-state index in [0.29, 0.717) is 75.7 Å². The van der Waals surface area contributed by atoms with Crippen LogP contribution in [0.5, 0.6) is 5.75 Å². The monoisotopic (exact) mass is 610 g/mol. The van der Waals surface area contributed by atoms with Crippen molar-refractivity contribution in [3.63, 3.8) is 0 Å². The Morgan fingerprint density at radius 3 is 2.64 bits per heavy atom. The van der Waals surface area contributed by atoms with Gasteiger partial charge in [-0.1, -0.05) is 37.2 Å². The number of allylic oxidation sites excluding steroid dienone is 2. The van der Waals surface area contributed by atoms with Crippen LogP contribution in [0.4, 0.5) is 10.4 Å². The highest BCUT2D eigenvalue weighted by molar-refractivity contribution is 5.87. The van der Waals surface area contributed by atoms with Crippen molar-refractivity contribution in [3.05, 3.63) is 41.7 Å². The molecule has 238 valence electrons. The molecule has 44 heavy (non-hydrogen) atoms. The maximum atomic E-state index is 15.2. The first-order valence-electron chi connectivity index (χ1n) is 15.7. The number of hydrogen-bond acceptors (Lipinski definition) is 8. The Bertz CT molecular complexity index is 1350. The molecule has 2 unspecified atom stereocenters. The Labute approximate surface area is 257 Å². The van der Waals surface area contributed by atoms with Crippen LogP contribution < -0.4 is 20.7 Å². The maximum Gasteiger partial charge on any atom is 0.324 e. The summed E-state index contributed by atoms with van der Waals surface area (Å²) in [6.07, 6.45) is 5.34. The van der Waals surface area contributed by atoms with E-state index in [1.807, 2.05) is 36.9 Å². The molecule has 2 aromatic rings. The summed E-state index contributed by atoms with van der Waals surface area (Å²) < 4.78 is 26.4. The van der Waals surface area contributed by atoms with E-state index in [-0.39, 0.29) is 42.5 Å². The summed E-state index contributed by atoms with van der Waals surface area (Å²) in [5.41, 5.74) is 7.46. The molecule has 1 aromatic carbocycles. The lowest BCUT2D eigenvalue weighted by Gasteiger charge is -2.32. The number of nitrogens with one attached hydrogen (secondary N) is 1. The summed E-state index contributed by atoms with van der Waals surface area (Å²) in [5, 5.41) is 6.90. The minimum atomic E-state index is -1.42. The summed E-state index contributed by atoms with van der Waals surface area (Å²) >= 11 is 0. The molecule has 1 aliphatic carbocycles. The Hall–Kier alpha value is -3.96. The van der Waals surface area contributed by atoms with E-state index >= 15 is 4.39 Å². The van der Waals surface area contributed by atoms with Crippen LogP contribution in [0.2, 0.25) is 0 Å². The van der Waals surface area contributed by atoms with Gasteiger partial charge in [-0.05, 0) is 68.2 Å². The van der Waals surface area contributed by atoms with Crippen LogP contribution in [0, 0.1) is 11.8 Å². The second-order valence-corrected chi connectivity index (χ2v) is 12.3. The van der Waals surface area contributed by atoms with Crippen molar-refractivity contribution >= 4 is 29.3 Å². The molecule has 3 N–H and O–H groups in total. The fourth-order valence-corrected chi connectivity index (χ4v) is 6.21. The summed E-state index contributed by atoms with van der Waals surface area (Å²) in [7, 11) is 0. The number of ether oxygens (including phenoxy) is 1. The van der Waals surface area contributed by atoms with Gasteiger partial charge in [0.1, 0.15) is 11.8 Å². The van der Waals surface area contributed by atoms with Crippen LogP contribution in [0.15, 0.2) is 34.9 Å². The third-order valence-corrected chi connectivity index (χ3v) is 8.90. The van der Waals surface area contributed by atoms with Crippen molar-refractivity contribution in [2.75, 3.05) is 31.1 Å². The number of likely N-dealkylation sites (tertiary alicyclic amines) is 1. The van der Waals surface area contributed by atoms with Gasteiger partial charge in [0, 0.05) is 50.4 Å². The van der Waals surface area contributed by atoms with Crippen LogP contribution in [-0.2, 0) is 14.4 Å². The van der Waals surface area contributed by atoms with E-state index < -0.39 is 18.3 Å². The molecule has 0 radical (unpaired) electrons. The zero-order chi connectivity index (χ0) is 31.2. The van der Waals surface area contributed by atoms with Crippen LogP contribution in [0.1, 0.15) is 82.5 Å². The van der Waals surface area contributed by atoms with Gasteiger partial charge in [0.05, 0.1) is 0 Å². The molecular weight excluding hydrogens is 567 g/mol. The van der Waals surface area contributed by atoms with Crippen LogP contribution >= 0.6 is 0 Å². The number of nitrogens with two attached hydrogens (primary N) is 1. The lowest BCUT2D eigenvalue weighted by Crippen LogP contribution is -2.44. The largest absolute Gasteiger partial charge is 0.460 e. The molecule has 1 aromatic heterocycles. The van der Waals surface area contributed by atoms with Gasteiger partial charge in [-0.3, -0.25) is 14.4 Å². The van der Waals surface area contributed by atoms with Gasteiger partial charge in [-0.15, -0.1) is 0 Å². The number of rotatable bonds is 11. The topological polar surface area (TPSA) is 144 Å². The molecule has 3 heterocycles. The normalized spacial score (nSPS) is 21.7. The van der Waals surface area contributed by atoms with Gasteiger partial charge in [-0.25, -0.2) is 4.39 Å². The van der Waals surface area contributed by atoms with Crippen molar-refractivity contribution in [3.8, 4) is 5.75 Å². The Kier molecular flexibility index (Phi) is 10.2. The second-order valence-electron chi connectivity index (χ2n) is 12.3. The summed E-state index contributed by atoms with van der Waals surface area (Å²) in [5.74, 6) is 0.206. The number of amides is 3. The third-order valence-electron chi connectivity index (χ3n) is 8.90. The van der Waals surface area contributed by atoms with Crippen molar-refractivity contribution in [2.24, 2.45) is 17.6 Å². The van der Waals surface area contributed by atoms with Gasteiger partial charge in [0.15, 0.2) is 5.82 Å². The van der Waals surface area contributed by atoms with Crippen molar-refractivity contribution in [2.45, 2.75) is 83.5 Å². The number of halogens is 1. The van der Waals surface area contributed by atoms with E-state index in [9.17, 15) is 14.4 Å². The van der Waals surface area contributed by atoms with Gasteiger partial charge in [0.2, 0.25) is 24.1 Å². The lowest BCUT2D eigenvalue weighted by atomic mass is 9.86. The fraction of sp³-hybridized carbons (Fsp3) is 0.594. The van der Waals surface area contributed by atoms with E-state index in [4.69, 9.17) is 15.0 Å². The van der Waals surface area contributed by atoms with Crippen LogP contribution in [-0.4, -0.2) is 71.3 Å². The van der Waals surface area contributed by atoms with Crippen LogP contribution in [0.25, 0.3) is 5.57 Å². The molecule has 5 rings (SSSR count). The maximum absolute atomic E-state index is 15.2. The van der Waals surface area contributed by atoms with E-state index in [2.05, 4.69) is 21.5 Å². The number of benzene rings is 1. The van der Waals surface area contributed by atoms with Gasteiger partial charge in [0.25, 0.3) is 0 Å². The van der Waals surface area contributed by atoms with Gasteiger partial charge in [-0.2, -0.15) is 4.98 Å². The lowest BCUT2D eigenvalue weighted by molar-refractivity contribution is -0.137. The molecule has 3 amide bonds. The van der Waals surface area contributed by atoms with E-state index in [1.54, 1.807) is 6.07 Å². The highest BCUT2D eigenvalue weighted by Gasteiger charge is 2.33. The molecule has 3 atom stereocenters. The number of piperidine rings is 1. The fourth-order valence-electron chi connectivity index (χ4n) is 6.21. The molecule has 12 heteroatoms. The quantitative estimate of drug-likeness (QED) is 0.389. The molecule has 2 saturated heterocycles. The van der Waals surface area contributed by atoms with Crippen molar-refractivity contribution in [1.82, 2.24) is 20.4 Å². The molecular formula is C32H43FN6O5. The number of hydrogen-bond donors (Lipinski definition) is 2. The van der Waals surface area contributed by atoms with Crippen LogP contribution in [0.3, 0.4) is 0 Å². The Morgan fingerprint density at radius 2 is 1.95 bits per heavy atom. The summed E-state index contributed by atoms with van der Waals surface area (Å²) in [4.78, 5) is 44.8. The number of primary amides is 1. The van der Waals surface area contributed by atoms with Gasteiger partial charge < -0.3 is 30.1 Å². The summed E-state index contributed by atoms with van der Waals surface area (Å²) in [6.45, 7) is 6.02. The minimum Gasteiger partial charge on any atom is -0.460 e. The number of nitrogens with zero attached hydrogens (tertiary/aromatic N) is 4. The Morgan fingerprint density at radius 1 is 1.16 bits per heavy atom. The SMILES string of the molecule is CC(C)c1noc(N2CCC(C(F)Oc3cccc(C4=CCC(C(=O)NCCC(=O)N5CCC[C@H]5C(N)=O)CC4)c3)CC2)n1. The highest BCUT2D eigenvalue weighted by Crippen LogP contribution is 2.33. The number of alkyl halides is 1. The standard InChI is InChI=1S/C32H43FN6O5/c1-20(2)30-36-32(44-37-30)38-17-13-22(14-18-38)28(33)43-25-6-3-5-24(19-25)21-8-10-23(11-9-21)31(42)35-15-12-27(40)39-16-4-7-26(39)29(34)41/h3,5-6,8,19-20,22-23,26,28H,4,7,9-18H2,1-2H3,(H2,34,41)(H,35,42)/t23?,26-,28?/m0/s1. The molecule has 0 bridgehead atoms. The zero-order valence-electron chi connectivity index (χ0n) is 25.5. The first-order valence-corrected chi connectivity index (χ1v) is 15.7. The highest BCUT2D eigenvalue weighted by atomic mass is 19.1. The first kappa shape index (κ1) is 31.5. The molecule has 2 fully saturated rings. The molecule has 11 nitrogen and oxygen atoms in total. The number of aromatic nitrogens is 2. The number of carbonyl (C=O) groups is 3. The minimum absolute atomic E-state index is 0.0798. The molecule has 2 aliphatic heterocycles. The smallest absolute Gasteiger partial charge is 0.324 e. The predicted molar refractivity (Wildman–Crippen MR) is 162 cm³/mol. The third kappa shape index (κ3) is 7.57. The predicted octanol–water partition coefficient (Wildman–Crippen LogP) is 3.95. The average molecular weight is 611 g/mol. The summed E-state index contributed by atoms with van der Waals surface area (Å²) in [6, 6.07) is 7.42. The number of anilines is 1. The number of carbonyl (C=O) groups excluding carboxylic acids is 3. The second kappa shape index (κ2) is 14.2. The molecule has 0 saturated carbocycles. The molecule has 0 spiro atoms. The molecule has 3 aliphatic rings. The Balaban J connectivity index is 1.06. The van der Waals surface area contributed by atoms with Crippen molar-refractivity contribution in [1.29, 1.82) is 0 Å². The average Bonchev–Trinajstić information content (AvgIpc) is 3.73. The van der Waals surface area contributed by atoms with E-state index in [1.165, 1.54) is 4.90 Å². The van der Waals surface area contributed by atoms with E-state index in [0.717, 1.165) is 17.6 Å². The van der Waals surface area contributed by atoms with Gasteiger partial charge >= 0.3 is 6.01 Å².